The number of unbranched alkanes of at least 4 members (excludes halogenated alkanes) is 7. The summed E-state index contributed by atoms with van der Waals surface area (Å²) in [5, 5.41) is 1.23. The standard InChI is InChI=1S/C23H35N3/c1-2-3-4-5-6-7-8-11-16-25-17-19-26(20-18-25)23-15-14-21-12-9-10-13-22(21)24-23/h9-10,12-15H,2-8,11,16-20H2,1H3. The van der Waals surface area contributed by atoms with Crippen LogP contribution in [0, 0.1) is 0 Å². The number of para-hydroxylation sites is 1. The lowest BCUT2D eigenvalue weighted by Gasteiger charge is -2.35. The Kier molecular flexibility index (Phi) is 7.75. The SMILES string of the molecule is CCCCCCCCCCN1CCN(c2ccc3ccccc3n2)CC1. The Morgan fingerprint density at radius 2 is 1.46 bits per heavy atom. The van der Waals surface area contributed by atoms with Gasteiger partial charge in [0.1, 0.15) is 5.82 Å². The van der Waals surface area contributed by atoms with Crippen LogP contribution in [0.1, 0.15) is 58.3 Å². The highest BCUT2D eigenvalue weighted by Crippen LogP contribution is 2.19. The number of fused-ring (bicyclic) bond motifs is 1. The highest BCUT2D eigenvalue weighted by Gasteiger charge is 2.17. The molecule has 26 heavy (non-hydrogen) atoms. The highest BCUT2D eigenvalue weighted by atomic mass is 15.3. The zero-order valence-electron chi connectivity index (χ0n) is 16.5. The number of aromatic nitrogens is 1. The molecule has 0 amide bonds. The van der Waals surface area contributed by atoms with Gasteiger partial charge in [0.05, 0.1) is 5.52 Å². The van der Waals surface area contributed by atoms with Crippen LogP contribution >= 0.6 is 0 Å². The second-order valence-corrected chi connectivity index (χ2v) is 7.67. The second kappa shape index (κ2) is 10.5. The first-order valence-electron chi connectivity index (χ1n) is 10.7. The van der Waals surface area contributed by atoms with Gasteiger partial charge in [-0.25, -0.2) is 4.98 Å². The maximum Gasteiger partial charge on any atom is 0.129 e. The van der Waals surface area contributed by atoms with Gasteiger partial charge < -0.3 is 4.90 Å². The first-order chi connectivity index (χ1) is 12.9. The van der Waals surface area contributed by atoms with Crippen LogP contribution in [0.15, 0.2) is 36.4 Å². The van der Waals surface area contributed by atoms with Crippen molar-refractivity contribution in [3.63, 3.8) is 0 Å². The third-order valence-electron chi connectivity index (χ3n) is 5.61. The van der Waals surface area contributed by atoms with Crippen LogP contribution in [-0.2, 0) is 0 Å². The van der Waals surface area contributed by atoms with E-state index in [1.807, 2.05) is 0 Å². The fourth-order valence-electron chi connectivity index (χ4n) is 3.90. The molecule has 1 aromatic heterocycles. The van der Waals surface area contributed by atoms with E-state index in [0.29, 0.717) is 0 Å². The molecule has 1 aliphatic heterocycles. The summed E-state index contributed by atoms with van der Waals surface area (Å²) in [6.45, 7) is 8.10. The zero-order valence-corrected chi connectivity index (χ0v) is 16.5. The molecule has 0 unspecified atom stereocenters. The molecule has 2 aromatic rings. The third kappa shape index (κ3) is 5.70. The van der Waals surface area contributed by atoms with Crippen LogP contribution in [0.5, 0.6) is 0 Å². The van der Waals surface area contributed by atoms with Crippen LogP contribution in [0.4, 0.5) is 5.82 Å². The Morgan fingerprint density at radius 3 is 2.23 bits per heavy atom. The summed E-state index contributed by atoms with van der Waals surface area (Å²) in [6, 6.07) is 12.8. The first-order valence-corrected chi connectivity index (χ1v) is 10.7. The summed E-state index contributed by atoms with van der Waals surface area (Å²) in [5.41, 5.74) is 1.10. The van der Waals surface area contributed by atoms with Gasteiger partial charge in [0.2, 0.25) is 0 Å². The second-order valence-electron chi connectivity index (χ2n) is 7.67. The van der Waals surface area contributed by atoms with Gasteiger partial charge in [0.15, 0.2) is 0 Å². The first kappa shape index (κ1) is 19.2. The van der Waals surface area contributed by atoms with Crippen molar-refractivity contribution in [2.24, 2.45) is 0 Å². The Labute approximate surface area is 159 Å². The number of rotatable bonds is 10. The van der Waals surface area contributed by atoms with E-state index in [4.69, 9.17) is 4.98 Å². The number of hydrogen-bond donors (Lipinski definition) is 0. The molecule has 0 N–H and O–H groups in total. The summed E-state index contributed by atoms with van der Waals surface area (Å²) in [6.07, 6.45) is 11.2. The molecule has 0 aliphatic carbocycles. The van der Waals surface area contributed by atoms with Crippen LogP contribution in [0.25, 0.3) is 10.9 Å². The maximum atomic E-state index is 4.85. The minimum absolute atomic E-state index is 1.10. The van der Waals surface area contributed by atoms with E-state index in [-0.39, 0.29) is 0 Å². The molecule has 1 saturated heterocycles. The van der Waals surface area contributed by atoms with Gasteiger partial charge >= 0.3 is 0 Å². The van der Waals surface area contributed by atoms with Gasteiger partial charge in [-0.3, -0.25) is 4.90 Å². The minimum Gasteiger partial charge on any atom is -0.354 e. The van der Waals surface area contributed by atoms with Gasteiger partial charge in [-0.2, -0.15) is 0 Å². The zero-order chi connectivity index (χ0) is 18.0. The van der Waals surface area contributed by atoms with E-state index >= 15 is 0 Å². The largest absolute Gasteiger partial charge is 0.354 e. The van der Waals surface area contributed by atoms with Crippen molar-refractivity contribution in [3.05, 3.63) is 36.4 Å². The molecule has 142 valence electrons. The predicted molar refractivity (Wildman–Crippen MR) is 113 cm³/mol. The smallest absolute Gasteiger partial charge is 0.129 e. The van der Waals surface area contributed by atoms with Gasteiger partial charge in [-0.05, 0) is 31.2 Å². The average Bonchev–Trinajstić information content (AvgIpc) is 2.70. The van der Waals surface area contributed by atoms with E-state index in [1.54, 1.807) is 0 Å². The summed E-state index contributed by atoms with van der Waals surface area (Å²) in [4.78, 5) is 9.92. The van der Waals surface area contributed by atoms with Gasteiger partial charge in [0.25, 0.3) is 0 Å². The summed E-state index contributed by atoms with van der Waals surface area (Å²) in [7, 11) is 0. The van der Waals surface area contributed by atoms with Crippen LogP contribution in [0.3, 0.4) is 0 Å². The van der Waals surface area contributed by atoms with E-state index < -0.39 is 0 Å². The van der Waals surface area contributed by atoms with Crippen molar-refractivity contribution in [3.8, 4) is 0 Å². The molecule has 0 radical (unpaired) electrons. The maximum absolute atomic E-state index is 4.85. The van der Waals surface area contributed by atoms with Crippen molar-refractivity contribution >= 4 is 16.7 Å². The molecule has 1 fully saturated rings. The van der Waals surface area contributed by atoms with Crippen molar-refractivity contribution in [2.45, 2.75) is 58.3 Å². The minimum atomic E-state index is 1.10. The van der Waals surface area contributed by atoms with Crippen LogP contribution in [0.2, 0.25) is 0 Å². The van der Waals surface area contributed by atoms with Crippen molar-refractivity contribution in [1.82, 2.24) is 9.88 Å². The van der Waals surface area contributed by atoms with Crippen LogP contribution < -0.4 is 4.90 Å². The third-order valence-corrected chi connectivity index (χ3v) is 5.61. The number of anilines is 1. The lowest BCUT2D eigenvalue weighted by Crippen LogP contribution is -2.46. The van der Waals surface area contributed by atoms with E-state index in [0.717, 1.165) is 24.4 Å². The summed E-state index contributed by atoms with van der Waals surface area (Å²) in [5.74, 6) is 1.13. The van der Waals surface area contributed by atoms with E-state index in [2.05, 4.69) is 53.1 Å². The van der Waals surface area contributed by atoms with Gasteiger partial charge in [-0.15, -0.1) is 0 Å². The molecule has 3 nitrogen and oxygen atoms in total. The van der Waals surface area contributed by atoms with Crippen molar-refractivity contribution < 1.29 is 0 Å². The summed E-state index contributed by atoms with van der Waals surface area (Å²) < 4.78 is 0. The number of pyridine rings is 1. The fourth-order valence-corrected chi connectivity index (χ4v) is 3.90. The molecule has 2 heterocycles. The number of hydrogen-bond acceptors (Lipinski definition) is 3. The molecule has 3 rings (SSSR count). The molecule has 0 bridgehead atoms. The van der Waals surface area contributed by atoms with Crippen molar-refractivity contribution in [1.29, 1.82) is 0 Å². The van der Waals surface area contributed by atoms with Gasteiger partial charge in [0, 0.05) is 31.6 Å². The quantitative estimate of drug-likeness (QED) is 0.526. The monoisotopic (exact) mass is 353 g/mol. The molecule has 0 atom stereocenters. The molecule has 0 spiro atoms. The molecule has 1 aliphatic rings. The number of benzene rings is 1. The van der Waals surface area contributed by atoms with Gasteiger partial charge in [-0.1, -0.05) is 70.1 Å². The normalized spacial score (nSPS) is 15.7. The summed E-state index contributed by atoms with van der Waals surface area (Å²) >= 11 is 0. The van der Waals surface area contributed by atoms with Crippen molar-refractivity contribution in [2.75, 3.05) is 37.6 Å². The van der Waals surface area contributed by atoms with E-state index in [9.17, 15) is 0 Å². The molecular weight excluding hydrogens is 318 g/mol. The van der Waals surface area contributed by atoms with Crippen LogP contribution in [-0.4, -0.2) is 42.6 Å². The average molecular weight is 354 g/mol. The Balaban J connectivity index is 1.33. The lowest BCUT2D eigenvalue weighted by atomic mass is 10.1. The lowest BCUT2D eigenvalue weighted by molar-refractivity contribution is 0.251. The highest BCUT2D eigenvalue weighted by molar-refractivity contribution is 5.80. The molecule has 3 heteroatoms. The fraction of sp³-hybridized carbons (Fsp3) is 0.609. The number of nitrogens with zero attached hydrogens (tertiary/aromatic N) is 3. The Bertz CT molecular complexity index is 647. The Morgan fingerprint density at radius 1 is 0.769 bits per heavy atom. The predicted octanol–water partition coefficient (Wildman–Crippen LogP) is 5.50. The molecule has 1 aromatic carbocycles. The number of piperazine rings is 1. The van der Waals surface area contributed by atoms with E-state index in [1.165, 1.54) is 76.4 Å². The Hall–Kier alpha value is -1.61. The molecular formula is C23H35N3. The topological polar surface area (TPSA) is 19.4 Å². The molecule has 0 saturated carbocycles.